The molecule has 1 aromatic carbocycles. The van der Waals surface area contributed by atoms with E-state index in [1.807, 2.05) is 6.92 Å². The minimum absolute atomic E-state index is 0.263. The van der Waals surface area contributed by atoms with Gasteiger partial charge in [-0.05, 0) is 50.1 Å². The van der Waals surface area contributed by atoms with Crippen LogP contribution in [0.2, 0.25) is 0 Å². The van der Waals surface area contributed by atoms with Gasteiger partial charge in [0.15, 0.2) is 0 Å². The second kappa shape index (κ2) is 6.21. The molecule has 0 unspecified atom stereocenters. The van der Waals surface area contributed by atoms with Crippen LogP contribution in [-0.4, -0.2) is 44.3 Å². The molecule has 1 aliphatic heterocycles. The summed E-state index contributed by atoms with van der Waals surface area (Å²) >= 11 is 1.28. The van der Waals surface area contributed by atoms with Gasteiger partial charge in [0.2, 0.25) is 0 Å². The van der Waals surface area contributed by atoms with Gasteiger partial charge in [0, 0.05) is 11.9 Å². The maximum absolute atomic E-state index is 13.2. The number of halogens is 1. The van der Waals surface area contributed by atoms with Crippen LogP contribution in [0, 0.1) is 12.7 Å². The molecular weight excluding hydrogens is 357 g/mol. The van der Waals surface area contributed by atoms with E-state index in [0.717, 1.165) is 15.9 Å². The SMILES string of the molecule is Cc1nn(-c2ccc(F)cc2)c2sc(C(=O)N3CCC[C@@H]3C(=O)O)cc12. The van der Waals surface area contributed by atoms with Gasteiger partial charge in [0.1, 0.15) is 16.7 Å². The molecule has 0 aliphatic carbocycles. The van der Waals surface area contributed by atoms with Crippen LogP contribution >= 0.6 is 11.3 Å². The van der Waals surface area contributed by atoms with Gasteiger partial charge in [-0.15, -0.1) is 11.3 Å². The van der Waals surface area contributed by atoms with Gasteiger partial charge in [0.05, 0.1) is 16.3 Å². The van der Waals surface area contributed by atoms with Crippen molar-refractivity contribution >= 4 is 33.4 Å². The van der Waals surface area contributed by atoms with E-state index in [2.05, 4.69) is 5.10 Å². The van der Waals surface area contributed by atoms with Gasteiger partial charge in [-0.1, -0.05) is 0 Å². The topological polar surface area (TPSA) is 75.4 Å². The fourth-order valence-electron chi connectivity index (χ4n) is 3.32. The monoisotopic (exact) mass is 373 g/mol. The normalized spacial score (nSPS) is 17.2. The van der Waals surface area contributed by atoms with E-state index in [4.69, 9.17) is 0 Å². The lowest BCUT2D eigenvalue weighted by Crippen LogP contribution is -2.40. The Morgan fingerprint density at radius 3 is 2.73 bits per heavy atom. The molecule has 0 spiro atoms. The van der Waals surface area contributed by atoms with Crippen molar-refractivity contribution in [2.45, 2.75) is 25.8 Å². The third kappa shape index (κ3) is 2.66. The van der Waals surface area contributed by atoms with Gasteiger partial charge >= 0.3 is 5.97 Å². The summed E-state index contributed by atoms with van der Waals surface area (Å²) in [7, 11) is 0. The molecule has 1 saturated heterocycles. The van der Waals surface area contributed by atoms with Crippen molar-refractivity contribution in [1.29, 1.82) is 0 Å². The maximum Gasteiger partial charge on any atom is 0.326 e. The number of likely N-dealkylation sites (tertiary alicyclic amines) is 1. The Morgan fingerprint density at radius 2 is 2.04 bits per heavy atom. The van der Waals surface area contributed by atoms with Gasteiger partial charge in [-0.3, -0.25) is 4.79 Å². The number of amides is 1. The molecule has 0 bridgehead atoms. The summed E-state index contributed by atoms with van der Waals surface area (Å²) < 4.78 is 14.9. The molecule has 1 amide bonds. The van der Waals surface area contributed by atoms with Crippen LogP contribution in [0.5, 0.6) is 0 Å². The second-order valence-electron chi connectivity index (χ2n) is 6.30. The lowest BCUT2D eigenvalue weighted by molar-refractivity contribution is -0.141. The van der Waals surface area contributed by atoms with Crippen molar-refractivity contribution in [3.8, 4) is 5.69 Å². The molecule has 4 rings (SSSR count). The summed E-state index contributed by atoms with van der Waals surface area (Å²) in [6, 6.07) is 6.98. The minimum atomic E-state index is -0.967. The first-order valence-corrected chi connectivity index (χ1v) is 9.06. The van der Waals surface area contributed by atoms with Crippen molar-refractivity contribution in [3.05, 3.63) is 46.7 Å². The van der Waals surface area contributed by atoms with Crippen LogP contribution < -0.4 is 0 Å². The fraction of sp³-hybridized carbons (Fsp3) is 0.278. The molecule has 1 atom stereocenters. The number of aromatic nitrogens is 2. The number of fused-ring (bicyclic) bond motifs is 1. The second-order valence-corrected chi connectivity index (χ2v) is 7.33. The van der Waals surface area contributed by atoms with Crippen LogP contribution in [-0.2, 0) is 4.79 Å². The van der Waals surface area contributed by atoms with E-state index in [1.165, 1.54) is 28.4 Å². The fourth-order valence-corrected chi connectivity index (χ4v) is 4.46. The Hall–Kier alpha value is -2.74. The highest BCUT2D eigenvalue weighted by molar-refractivity contribution is 7.20. The van der Waals surface area contributed by atoms with E-state index in [9.17, 15) is 19.1 Å². The van der Waals surface area contributed by atoms with Gasteiger partial charge in [0.25, 0.3) is 5.91 Å². The van der Waals surface area contributed by atoms with Crippen LogP contribution in [0.3, 0.4) is 0 Å². The summed E-state index contributed by atoms with van der Waals surface area (Å²) in [6.07, 6.45) is 1.17. The van der Waals surface area contributed by atoms with E-state index in [-0.39, 0.29) is 11.7 Å². The van der Waals surface area contributed by atoms with Crippen LogP contribution in [0.1, 0.15) is 28.2 Å². The molecule has 6 nitrogen and oxygen atoms in total. The highest BCUT2D eigenvalue weighted by Crippen LogP contribution is 2.32. The van der Waals surface area contributed by atoms with Gasteiger partial charge in [-0.25, -0.2) is 13.9 Å². The molecule has 134 valence electrons. The van der Waals surface area contributed by atoms with E-state index < -0.39 is 12.0 Å². The van der Waals surface area contributed by atoms with E-state index in [1.54, 1.807) is 22.9 Å². The predicted octanol–water partition coefficient (Wildman–Crippen LogP) is 3.22. The summed E-state index contributed by atoms with van der Waals surface area (Å²) in [4.78, 5) is 26.9. The summed E-state index contributed by atoms with van der Waals surface area (Å²) in [5.41, 5.74) is 1.46. The number of aliphatic carboxylic acids is 1. The predicted molar refractivity (Wildman–Crippen MR) is 95.3 cm³/mol. The number of hydrogen-bond donors (Lipinski definition) is 1. The minimum Gasteiger partial charge on any atom is -0.480 e. The molecule has 1 aliphatic rings. The number of rotatable bonds is 3. The molecule has 1 fully saturated rings. The zero-order valence-electron chi connectivity index (χ0n) is 14.0. The summed E-state index contributed by atoms with van der Waals surface area (Å²) in [5.74, 6) is -1.56. The number of thiophene rings is 1. The highest BCUT2D eigenvalue weighted by atomic mass is 32.1. The molecule has 0 saturated carbocycles. The summed E-state index contributed by atoms with van der Waals surface area (Å²) in [5, 5.41) is 14.6. The first-order valence-electron chi connectivity index (χ1n) is 8.24. The Kier molecular flexibility index (Phi) is 3.99. The molecule has 3 heterocycles. The number of benzene rings is 1. The third-order valence-corrected chi connectivity index (χ3v) is 5.72. The lowest BCUT2D eigenvalue weighted by atomic mass is 10.2. The smallest absolute Gasteiger partial charge is 0.326 e. The van der Waals surface area contributed by atoms with Crippen LogP contribution in [0.25, 0.3) is 15.9 Å². The van der Waals surface area contributed by atoms with Crippen molar-refractivity contribution < 1.29 is 19.1 Å². The maximum atomic E-state index is 13.2. The van der Waals surface area contributed by atoms with Crippen molar-refractivity contribution in [3.63, 3.8) is 0 Å². The molecule has 3 aromatic rings. The largest absolute Gasteiger partial charge is 0.480 e. The number of aryl methyl sites for hydroxylation is 1. The Morgan fingerprint density at radius 1 is 1.31 bits per heavy atom. The number of carbonyl (C=O) groups excluding carboxylic acids is 1. The van der Waals surface area contributed by atoms with Crippen molar-refractivity contribution in [2.24, 2.45) is 0 Å². The molecule has 2 aromatic heterocycles. The number of nitrogens with zero attached hydrogens (tertiary/aromatic N) is 3. The lowest BCUT2D eigenvalue weighted by Gasteiger charge is -2.20. The van der Waals surface area contributed by atoms with Crippen LogP contribution in [0.15, 0.2) is 30.3 Å². The molecule has 26 heavy (non-hydrogen) atoms. The van der Waals surface area contributed by atoms with Crippen LogP contribution in [0.4, 0.5) is 4.39 Å². The van der Waals surface area contributed by atoms with Crippen molar-refractivity contribution in [1.82, 2.24) is 14.7 Å². The average molecular weight is 373 g/mol. The van der Waals surface area contributed by atoms with Gasteiger partial charge < -0.3 is 10.0 Å². The Labute approximate surface area is 152 Å². The third-order valence-electron chi connectivity index (χ3n) is 4.63. The quantitative estimate of drug-likeness (QED) is 0.765. The first-order chi connectivity index (χ1) is 12.5. The zero-order chi connectivity index (χ0) is 18.4. The zero-order valence-corrected chi connectivity index (χ0v) is 14.8. The number of carboxylic acids is 1. The van der Waals surface area contributed by atoms with Crippen molar-refractivity contribution in [2.75, 3.05) is 6.54 Å². The average Bonchev–Trinajstić information content (AvgIpc) is 3.31. The first kappa shape index (κ1) is 16.7. The standard InChI is InChI=1S/C18H16FN3O3S/c1-10-13-9-15(16(23)21-8-2-3-14(21)18(24)25)26-17(13)22(20-10)12-6-4-11(19)5-7-12/h4-7,9,14H,2-3,8H2,1H3,(H,24,25)/t14-/m1/s1. The Balaban J connectivity index is 1.74. The number of carbonyl (C=O) groups is 2. The van der Waals surface area contributed by atoms with E-state index in [0.29, 0.717) is 30.0 Å². The van der Waals surface area contributed by atoms with E-state index >= 15 is 0 Å². The summed E-state index contributed by atoms with van der Waals surface area (Å²) in [6.45, 7) is 2.30. The Bertz CT molecular complexity index is 1010. The highest BCUT2D eigenvalue weighted by Gasteiger charge is 2.35. The number of carboxylic acid groups (broad SMARTS) is 1. The molecule has 1 N–H and O–H groups in total. The molecule has 0 radical (unpaired) electrons. The number of hydrogen-bond acceptors (Lipinski definition) is 4. The molecular formula is C18H16FN3O3S. The van der Waals surface area contributed by atoms with Gasteiger partial charge in [-0.2, -0.15) is 5.10 Å². The molecule has 8 heteroatoms.